The van der Waals surface area contributed by atoms with Crippen LogP contribution in [0.4, 0.5) is 0 Å². The van der Waals surface area contributed by atoms with Crippen LogP contribution in [-0.4, -0.2) is 23.3 Å². The van der Waals surface area contributed by atoms with Gasteiger partial charge in [0.05, 0.1) is 6.10 Å². The van der Waals surface area contributed by atoms with Crippen LogP contribution in [-0.2, 0) is 0 Å². The van der Waals surface area contributed by atoms with Gasteiger partial charge in [-0.1, -0.05) is 12.1 Å². The molecule has 1 aromatic rings. The first-order valence-electron chi connectivity index (χ1n) is 4.29. The number of benzene rings is 1. The minimum Gasteiger partial charge on any atom is -0.508 e. The summed E-state index contributed by atoms with van der Waals surface area (Å²) < 4.78 is 0. The number of phenols is 1. The first kappa shape index (κ1) is 10.0. The summed E-state index contributed by atoms with van der Waals surface area (Å²) in [6.45, 7) is 1.90. The number of aliphatic hydroxyl groups is 1. The average molecular weight is 181 g/mol. The zero-order chi connectivity index (χ0) is 9.84. The number of aromatic hydroxyl groups is 1. The molecule has 0 heterocycles. The summed E-state index contributed by atoms with van der Waals surface area (Å²) in [4.78, 5) is 0. The van der Waals surface area contributed by atoms with Gasteiger partial charge in [0.1, 0.15) is 5.75 Å². The molecule has 1 rings (SSSR count). The maximum Gasteiger partial charge on any atom is 0.115 e. The van der Waals surface area contributed by atoms with Crippen molar-refractivity contribution in [2.45, 2.75) is 19.1 Å². The fraction of sp³-hybridized carbons (Fsp3) is 0.400. The Morgan fingerprint density at radius 2 is 1.77 bits per heavy atom. The molecule has 3 N–H and O–H groups in total. The summed E-state index contributed by atoms with van der Waals surface area (Å²) in [5, 5.41) is 21.7. The predicted octanol–water partition coefficient (Wildman–Crippen LogP) is 1.03. The molecule has 0 bridgehead atoms. The van der Waals surface area contributed by atoms with Crippen LogP contribution >= 0.6 is 0 Å². The molecule has 1 aromatic carbocycles. The van der Waals surface area contributed by atoms with Gasteiger partial charge in [0.2, 0.25) is 0 Å². The summed E-state index contributed by atoms with van der Waals surface area (Å²) in [7, 11) is 1.80. The number of aliphatic hydroxyl groups excluding tert-OH is 1. The van der Waals surface area contributed by atoms with E-state index < -0.39 is 6.10 Å². The van der Waals surface area contributed by atoms with E-state index in [0.717, 1.165) is 5.56 Å². The quantitative estimate of drug-likeness (QED) is 0.653. The third-order valence-electron chi connectivity index (χ3n) is 2.16. The summed E-state index contributed by atoms with van der Waals surface area (Å²) >= 11 is 0. The second kappa shape index (κ2) is 4.25. The van der Waals surface area contributed by atoms with Gasteiger partial charge in [-0.2, -0.15) is 0 Å². The van der Waals surface area contributed by atoms with Crippen molar-refractivity contribution in [2.75, 3.05) is 7.05 Å². The lowest BCUT2D eigenvalue weighted by Crippen LogP contribution is -2.28. The molecule has 0 saturated carbocycles. The first-order valence-corrected chi connectivity index (χ1v) is 4.29. The standard InChI is InChI=1S/C10H15NO2/c1-7(11-2)10(13)8-3-5-9(12)6-4-8/h3-7,10-13H,1-2H3/t7-,10?/m1/s1. The molecule has 13 heavy (non-hydrogen) atoms. The summed E-state index contributed by atoms with van der Waals surface area (Å²) in [6.07, 6.45) is -0.536. The number of likely N-dealkylation sites (N-methyl/N-ethyl adjacent to an activating group) is 1. The Balaban J connectivity index is 2.77. The maximum atomic E-state index is 9.74. The lowest BCUT2D eigenvalue weighted by molar-refractivity contribution is 0.140. The second-order valence-corrected chi connectivity index (χ2v) is 3.11. The number of hydrogen-bond acceptors (Lipinski definition) is 3. The van der Waals surface area contributed by atoms with Crippen molar-refractivity contribution in [3.05, 3.63) is 29.8 Å². The molecule has 3 nitrogen and oxygen atoms in total. The molecule has 0 aliphatic carbocycles. The third kappa shape index (κ3) is 2.44. The van der Waals surface area contributed by atoms with Gasteiger partial charge in [0.25, 0.3) is 0 Å². The molecule has 3 heteroatoms. The molecular formula is C10H15NO2. The van der Waals surface area contributed by atoms with Crippen LogP contribution in [0.25, 0.3) is 0 Å². The monoisotopic (exact) mass is 181 g/mol. The number of nitrogens with one attached hydrogen (secondary N) is 1. The topological polar surface area (TPSA) is 52.5 Å². The Labute approximate surface area is 78.0 Å². The van der Waals surface area contributed by atoms with Crippen molar-refractivity contribution >= 4 is 0 Å². The fourth-order valence-corrected chi connectivity index (χ4v) is 1.12. The minimum absolute atomic E-state index is 0.00421. The molecule has 0 radical (unpaired) electrons. The van der Waals surface area contributed by atoms with Gasteiger partial charge >= 0.3 is 0 Å². The molecule has 0 fully saturated rings. The van der Waals surface area contributed by atoms with Crippen LogP contribution < -0.4 is 5.32 Å². The van der Waals surface area contributed by atoms with Gasteiger partial charge in [-0.25, -0.2) is 0 Å². The molecule has 0 saturated heterocycles. The van der Waals surface area contributed by atoms with E-state index in [0.29, 0.717) is 0 Å². The lowest BCUT2D eigenvalue weighted by Gasteiger charge is -2.18. The van der Waals surface area contributed by atoms with Gasteiger partial charge in [-0.3, -0.25) is 0 Å². The number of rotatable bonds is 3. The van der Waals surface area contributed by atoms with Crippen LogP contribution in [0.3, 0.4) is 0 Å². The van der Waals surface area contributed by atoms with Crippen LogP contribution in [0.5, 0.6) is 5.75 Å². The van der Waals surface area contributed by atoms with Crippen molar-refractivity contribution < 1.29 is 10.2 Å². The van der Waals surface area contributed by atoms with Gasteiger partial charge in [0.15, 0.2) is 0 Å². The molecule has 2 atom stereocenters. The van der Waals surface area contributed by atoms with Crippen molar-refractivity contribution in [1.29, 1.82) is 0 Å². The van der Waals surface area contributed by atoms with Crippen molar-refractivity contribution in [3.8, 4) is 5.75 Å². The van der Waals surface area contributed by atoms with Crippen LogP contribution in [0.15, 0.2) is 24.3 Å². The van der Waals surface area contributed by atoms with E-state index in [-0.39, 0.29) is 11.8 Å². The molecule has 0 amide bonds. The summed E-state index contributed by atoms with van der Waals surface area (Å²) in [5.74, 6) is 0.216. The van der Waals surface area contributed by atoms with Crippen LogP contribution in [0.2, 0.25) is 0 Å². The zero-order valence-corrected chi connectivity index (χ0v) is 7.86. The number of phenolic OH excluding ortho intramolecular Hbond substituents is 1. The van der Waals surface area contributed by atoms with Gasteiger partial charge in [0, 0.05) is 6.04 Å². The Morgan fingerprint density at radius 3 is 2.23 bits per heavy atom. The van der Waals surface area contributed by atoms with E-state index in [9.17, 15) is 5.11 Å². The Kier molecular flexibility index (Phi) is 3.28. The van der Waals surface area contributed by atoms with Crippen LogP contribution in [0.1, 0.15) is 18.6 Å². The molecule has 0 aliphatic heterocycles. The fourth-order valence-electron chi connectivity index (χ4n) is 1.12. The van der Waals surface area contributed by atoms with Crippen LogP contribution in [0, 0.1) is 0 Å². The zero-order valence-electron chi connectivity index (χ0n) is 7.86. The van der Waals surface area contributed by atoms with Crippen molar-refractivity contribution in [2.24, 2.45) is 0 Å². The lowest BCUT2D eigenvalue weighted by atomic mass is 10.0. The number of hydrogen-bond donors (Lipinski definition) is 3. The van der Waals surface area contributed by atoms with Crippen molar-refractivity contribution in [1.82, 2.24) is 5.32 Å². The van der Waals surface area contributed by atoms with E-state index in [4.69, 9.17) is 5.11 Å². The van der Waals surface area contributed by atoms with E-state index in [1.807, 2.05) is 6.92 Å². The molecular weight excluding hydrogens is 166 g/mol. The minimum atomic E-state index is -0.536. The summed E-state index contributed by atoms with van der Waals surface area (Å²) in [6, 6.07) is 6.58. The Hall–Kier alpha value is -1.06. The Morgan fingerprint density at radius 1 is 1.23 bits per heavy atom. The largest absolute Gasteiger partial charge is 0.508 e. The molecule has 0 aliphatic rings. The van der Waals surface area contributed by atoms with E-state index in [1.54, 1.807) is 31.3 Å². The smallest absolute Gasteiger partial charge is 0.115 e. The SMILES string of the molecule is CN[C@H](C)C(O)c1ccc(O)cc1. The highest BCUT2D eigenvalue weighted by atomic mass is 16.3. The van der Waals surface area contributed by atoms with Gasteiger partial charge in [-0.05, 0) is 31.7 Å². The average Bonchev–Trinajstić information content (AvgIpc) is 2.17. The molecule has 1 unspecified atom stereocenters. The second-order valence-electron chi connectivity index (χ2n) is 3.11. The highest BCUT2D eigenvalue weighted by molar-refractivity contribution is 5.27. The van der Waals surface area contributed by atoms with Gasteiger partial charge < -0.3 is 15.5 Å². The third-order valence-corrected chi connectivity index (χ3v) is 2.16. The Bertz CT molecular complexity index is 258. The maximum absolute atomic E-state index is 9.74. The van der Waals surface area contributed by atoms with Crippen molar-refractivity contribution in [3.63, 3.8) is 0 Å². The predicted molar refractivity (Wildman–Crippen MR) is 51.6 cm³/mol. The summed E-state index contributed by atoms with van der Waals surface area (Å²) in [5.41, 5.74) is 0.805. The van der Waals surface area contributed by atoms with E-state index in [2.05, 4.69) is 5.32 Å². The highest BCUT2D eigenvalue weighted by Gasteiger charge is 2.13. The molecule has 72 valence electrons. The molecule has 0 aromatic heterocycles. The van der Waals surface area contributed by atoms with E-state index in [1.165, 1.54) is 0 Å². The van der Waals surface area contributed by atoms with E-state index >= 15 is 0 Å². The highest BCUT2D eigenvalue weighted by Crippen LogP contribution is 2.19. The first-order chi connectivity index (χ1) is 6.15. The normalized spacial score (nSPS) is 15.3. The van der Waals surface area contributed by atoms with Gasteiger partial charge in [-0.15, -0.1) is 0 Å². The molecule has 0 spiro atoms.